The SMILES string of the molecule is CN(C1CCC(N)CC1)S(=O)(=O)N1CCCCCC1. The fourth-order valence-corrected chi connectivity index (χ4v) is 4.78. The van der Waals surface area contributed by atoms with Crippen molar-refractivity contribution in [3.8, 4) is 0 Å². The number of nitrogens with two attached hydrogens (primary N) is 1. The number of nitrogens with zero attached hydrogens (tertiary/aromatic N) is 2. The van der Waals surface area contributed by atoms with Gasteiger partial charge in [0.05, 0.1) is 0 Å². The highest BCUT2D eigenvalue weighted by Crippen LogP contribution is 2.25. The lowest BCUT2D eigenvalue weighted by molar-refractivity contribution is 0.250. The van der Waals surface area contributed by atoms with Crippen molar-refractivity contribution in [3.05, 3.63) is 0 Å². The monoisotopic (exact) mass is 289 g/mol. The summed E-state index contributed by atoms with van der Waals surface area (Å²) in [6.07, 6.45) is 7.93. The molecule has 0 atom stereocenters. The Balaban J connectivity index is 2.01. The van der Waals surface area contributed by atoms with Gasteiger partial charge in [-0.15, -0.1) is 0 Å². The van der Waals surface area contributed by atoms with Gasteiger partial charge in [0.2, 0.25) is 0 Å². The molecule has 1 saturated carbocycles. The van der Waals surface area contributed by atoms with E-state index >= 15 is 0 Å². The summed E-state index contributed by atoms with van der Waals surface area (Å²) in [7, 11) is -1.54. The van der Waals surface area contributed by atoms with Crippen molar-refractivity contribution >= 4 is 10.2 Å². The van der Waals surface area contributed by atoms with Crippen molar-refractivity contribution in [1.29, 1.82) is 0 Å². The molecular weight excluding hydrogens is 262 g/mol. The second-order valence-electron chi connectivity index (χ2n) is 5.91. The van der Waals surface area contributed by atoms with Crippen molar-refractivity contribution in [2.75, 3.05) is 20.1 Å². The van der Waals surface area contributed by atoms with E-state index in [0.717, 1.165) is 51.4 Å². The molecule has 0 aromatic rings. The predicted octanol–water partition coefficient (Wildman–Crippen LogP) is 1.31. The maximum absolute atomic E-state index is 12.6. The van der Waals surface area contributed by atoms with E-state index in [-0.39, 0.29) is 12.1 Å². The first-order chi connectivity index (χ1) is 9.01. The lowest BCUT2D eigenvalue weighted by atomic mass is 9.92. The Hall–Kier alpha value is -0.170. The van der Waals surface area contributed by atoms with Crippen molar-refractivity contribution in [2.24, 2.45) is 5.73 Å². The Bertz CT molecular complexity index is 369. The van der Waals surface area contributed by atoms with E-state index in [2.05, 4.69) is 0 Å². The quantitative estimate of drug-likeness (QED) is 0.852. The highest BCUT2D eigenvalue weighted by molar-refractivity contribution is 7.86. The molecule has 0 radical (unpaired) electrons. The highest BCUT2D eigenvalue weighted by Gasteiger charge is 2.33. The van der Waals surface area contributed by atoms with Gasteiger partial charge < -0.3 is 5.73 Å². The van der Waals surface area contributed by atoms with E-state index in [1.165, 1.54) is 0 Å². The van der Waals surface area contributed by atoms with Crippen molar-refractivity contribution < 1.29 is 8.42 Å². The average molecular weight is 289 g/mol. The number of hydrogen-bond acceptors (Lipinski definition) is 3. The van der Waals surface area contributed by atoms with Crippen molar-refractivity contribution in [2.45, 2.75) is 63.5 Å². The Morgan fingerprint density at radius 2 is 1.53 bits per heavy atom. The number of rotatable bonds is 3. The molecule has 1 saturated heterocycles. The number of hydrogen-bond donors (Lipinski definition) is 1. The third-order valence-corrected chi connectivity index (χ3v) is 6.55. The van der Waals surface area contributed by atoms with E-state index in [1.807, 2.05) is 0 Å². The van der Waals surface area contributed by atoms with Crippen LogP contribution in [0.5, 0.6) is 0 Å². The van der Waals surface area contributed by atoms with Crippen LogP contribution in [-0.2, 0) is 10.2 Å². The molecule has 2 fully saturated rings. The van der Waals surface area contributed by atoms with Crippen LogP contribution in [0.2, 0.25) is 0 Å². The second kappa shape index (κ2) is 6.52. The standard InChI is InChI=1S/C13H27N3O2S/c1-15(13-8-6-12(14)7-9-13)19(17,18)16-10-4-2-3-5-11-16/h12-13H,2-11,14H2,1H3. The van der Waals surface area contributed by atoms with Crippen LogP contribution in [0.4, 0.5) is 0 Å². The largest absolute Gasteiger partial charge is 0.328 e. The topological polar surface area (TPSA) is 66.6 Å². The van der Waals surface area contributed by atoms with Gasteiger partial charge in [-0.3, -0.25) is 0 Å². The molecule has 0 aromatic heterocycles. The van der Waals surface area contributed by atoms with Gasteiger partial charge in [0, 0.05) is 32.2 Å². The van der Waals surface area contributed by atoms with Gasteiger partial charge in [-0.2, -0.15) is 17.0 Å². The molecule has 2 rings (SSSR count). The molecule has 0 bridgehead atoms. The summed E-state index contributed by atoms with van der Waals surface area (Å²) in [6.45, 7) is 1.36. The van der Waals surface area contributed by atoms with E-state index < -0.39 is 10.2 Å². The van der Waals surface area contributed by atoms with Gasteiger partial charge in [-0.1, -0.05) is 12.8 Å². The average Bonchev–Trinajstić information content (AvgIpc) is 2.68. The van der Waals surface area contributed by atoms with Gasteiger partial charge in [0.1, 0.15) is 0 Å². The van der Waals surface area contributed by atoms with E-state index in [0.29, 0.717) is 13.1 Å². The molecule has 0 unspecified atom stereocenters. The van der Waals surface area contributed by atoms with Crippen LogP contribution in [0.15, 0.2) is 0 Å². The fraction of sp³-hybridized carbons (Fsp3) is 1.00. The first kappa shape index (κ1) is 15.2. The molecule has 2 aliphatic rings. The van der Waals surface area contributed by atoms with Crippen LogP contribution in [0, 0.1) is 0 Å². The van der Waals surface area contributed by atoms with Gasteiger partial charge >= 0.3 is 0 Å². The molecule has 5 nitrogen and oxygen atoms in total. The minimum atomic E-state index is -3.28. The van der Waals surface area contributed by atoms with E-state index in [9.17, 15) is 8.42 Å². The summed E-state index contributed by atoms with van der Waals surface area (Å²) in [6, 6.07) is 0.388. The van der Waals surface area contributed by atoms with Crippen LogP contribution < -0.4 is 5.73 Å². The molecule has 1 heterocycles. The summed E-state index contributed by atoms with van der Waals surface area (Å²) >= 11 is 0. The van der Waals surface area contributed by atoms with Gasteiger partial charge in [0.25, 0.3) is 10.2 Å². The molecule has 1 aliphatic heterocycles. The zero-order valence-electron chi connectivity index (χ0n) is 11.9. The predicted molar refractivity (Wildman–Crippen MR) is 77.0 cm³/mol. The Kier molecular flexibility index (Phi) is 5.22. The van der Waals surface area contributed by atoms with Crippen LogP contribution in [0.25, 0.3) is 0 Å². The lowest BCUT2D eigenvalue weighted by Crippen LogP contribution is -2.48. The first-order valence-electron chi connectivity index (χ1n) is 7.50. The fourth-order valence-electron chi connectivity index (χ4n) is 3.11. The third kappa shape index (κ3) is 3.68. The second-order valence-corrected chi connectivity index (χ2v) is 7.89. The van der Waals surface area contributed by atoms with E-state index in [1.54, 1.807) is 15.7 Å². The summed E-state index contributed by atoms with van der Waals surface area (Å²) in [4.78, 5) is 0. The Morgan fingerprint density at radius 3 is 2.05 bits per heavy atom. The van der Waals surface area contributed by atoms with Crippen molar-refractivity contribution in [1.82, 2.24) is 8.61 Å². The summed E-state index contributed by atoms with van der Waals surface area (Å²) in [5.74, 6) is 0. The first-order valence-corrected chi connectivity index (χ1v) is 8.90. The van der Waals surface area contributed by atoms with Gasteiger partial charge in [-0.25, -0.2) is 0 Å². The maximum Gasteiger partial charge on any atom is 0.281 e. The smallest absolute Gasteiger partial charge is 0.281 e. The summed E-state index contributed by atoms with van der Waals surface area (Å²) < 4.78 is 28.6. The summed E-state index contributed by atoms with van der Waals surface area (Å²) in [5.41, 5.74) is 5.89. The summed E-state index contributed by atoms with van der Waals surface area (Å²) in [5, 5.41) is 0. The Morgan fingerprint density at radius 1 is 1.00 bits per heavy atom. The minimum absolute atomic E-state index is 0.132. The Labute approximate surface area is 117 Å². The zero-order valence-corrected chi connectivity index (χ0v) is 12.7. The molecule has 1 aliphatic carbocycles. The molecule has 2 N–H and O–H groups in total. The molecule has 0 aromatic carbocycles. The normalized spacial score (nSPS) is 31.3. The maximum atomic E-state index is 12.6. The minimum Gasteiger partial charge on any atom is -0.328 e. The third-order valence-electron chi connectivity index (χ3n) is 4.51. The molecule has 0 spiro atoms. The lowest BCUT2D eigenvalue weighted by Gasteiger charge is -2.35. The van der Waals surface area contributed by atoms with Gasteiger partial charge in [-0.05, 0) is 38.5 Å². The molecule has 6 heteroatoms. The zero-order chi connectivity index (χ0) is 13.9. The molecular formula is C13H27N3O2S. The highest BCUT2D eigenvalue weighted by atomic mass is 32.2. The van der Waals surface area contributed by atoms with Crippen LogP contribution in [0.1, 0.15) is 51.4 Å². The van der Waals surface area contributed by atoms with Crippen LogP contribution in [-0.4, -0.2) is 49.2 Å². The van der Waals surface area contributed by atoms with Crippen LogP contribution >= 0.6 is 0 Å². The molecule has 112 valence electrons. The molecule has 19 heavy (non-hydrogen) atoms. The van der Waals surface area contributed by atoms with Crippen molar-refractivity contribution in [3.63, 3.8) is 0 Å². The molecule has 0 amide bonds. The van der Waals surface area contributed by atoms with Crippen LogP contribution in [0.3, 0.4) is 0 Å². The van der Waals surface area contributed by atoms with E-state index in [4.69, 9.17) is 5.73 Å². The van der Waals surface area contributed by atoms with Gasteiger partial charge in [0.15, 0.2) is 0 Å².